The fourth-order valence-electron chi connectivity index (χ4n) is 7.31. The molecule has 0 radical (unpaired) electrons. The van der Waals surface area contributed by atoms with Crippen LogP contribution in [-0.4, -0.2) is 99.3 Å². The first-order valence-corrected chi connectivity index (χ1v) is 21.9. The number of ether oxygens (including phenoxy) is 2. The van der Waals surface area contributed by atoms with E-state index >= 15 is 0 Å². The van der Waals surface area contributed by atoms with Crippen LogP contribution < -0.4 is 0 Å². The van der Waals surface area contributed by atoms with Crippen molar-refractivity contribution < 1.29 is 19.1 Å². The van der Waals surface area contributed by atoms with Crippen molar-refractivity contribution in [1.29, 1.82) is 0 Å². The van der Waals surface area contributed by atoms with E-state index in [-0.39, 0.29) is 11.9 Å². The minimum absolute atomic E-state index is 0.0631. The molecule has 7 nitrogen and oxygen atoms in total. The van der Waals surface area contributed by atoms with Crippen LogP contribution in [0.4, 0.5) is 0 Å². The fourth-order valence-corrected chi connectivity index (χ4v) is 7.31. The number of hydrogen-bond donors (Lipinski definition) is 0. The van der Waals surface area contributed by atoms with Crippen LogP contribution >= 0.6 is 0 Å². The predicted molar refractivity (Wildman–Crippen MR) is 213 cm³/mol. The molecule has 0 unspecified atom stereocenters. The van der Waals surface area contributed by atoms with Gasteiger partial charge in [-0.2, -0.15) is 0 Å². The van der Waals surface area contributed by atoms with Crippen molar-refractivity contribution in [2.24, 2.45) is 0 Å². The van der Waals surface area contributed by atoms with E-state index in [4.69, 9.17) is 9.47 Å². The second-order valence-corrected chi connectivity index (χ2v) is 15.6. The van der Waals surface area contributed by atoms with Gasteiger partial charge in [0.15, 0.2) is 0 Å². The van der Waals surface area contributed by atoms with Gasteiger partial charge in [-0.3, -0.25) is 14.5 Å². The first-order valence-electron chi connectivity index (χ1n) is 21.9. The maximum atomic E-state index is 12.5. The van der Waals surface area contributed by atoms with Gasteiger partial charge < -0.3 is 19.3 Å². The van der Waals surface area contributed by atoms with Crippen LogP contribution in [0.3, 0.4) is 0 Å². The van der Waals surface area contributed by atoms with E-state index in [9.17, 15) is 9.59 Å². The van der Waals surface area contributed by atoms with Gasteiger partial charge in [0.1, 0.15) is 13.2 Å². The maximum Gasteiger partial charge on any atom is 0.305 e. The van der Waals surface area contributed by atoms with Crippen molar-refractivity contribution in [3.05, 3.63) is 0 Å². The SMILES string of the molecule is CCCCCCCCCCCCCC(=O)OCCN(CCOC(=O)CCCCCCCCCCCCC)C1CCN(CCCCN(C)C)CC1. The topological polar surface area (TPSA) is 62.3 Å². The molecule has 1 heterocycles. The number of carbonyl (C=O) groups excluding carboxylic acids is 2. The Labute approximate surface area is 311 Å². The second-order valence-electron chi connectivity index (χ2n) is 15.6. The van der Waals surface area contributed by atoms with E-state index < -0.39 is 0 Å². The molecular formula is C43H85N3O4. The molecule has 0 aromatic carbocycles. The van der Waals surface area contributed by atoms with Crippen molar-refractivity contribution in [3.63, 3.8) is 0 Å². The van der Waals surface area contributed by atoms with Gasteiger partial charge in [-0.25, -0.2) is 0 Å². The van der Waals surface area contributed by atoms with Crippen LogP contribution in [0.2, 0.25) is 0 Å². The van der Waals surface area contributed by atoms with Crippen molar-refractivity contribution in [2.75, 3.05) is 66.6 Å². The molecule has 1 fully saturated rings. The minimum Gasteiger partial charge on any atom is -0.464 e. The van der Waals surface area contributed by atoms with Crippen LogP contribution in [0.5, 0.6) is 0 Å². The van der Waals surface area contributed by atoms with Crippen LogP contribution in [-0.2, 0) is 19.1 Å². The van der Waals surface area contributed by atoms with Crippen LogP contribution in [0, 0.1) is 0 Å². The van der Waals surface area contributed by atoms with Gasteiger partial charge in [0.25, 0.3) is 0 Å². The summed E-state index contributed by atoms with van der Waals surface area (Å²) in [6.45, 7) is 11.4. The summed E-state index contributed by atoms with van der Waals surface area (Å²) in [5.41, 5.74) is 0. The third kappa shape index (κ3) is 29.4. The lowest BCUT2D eigenvalue weighted by atomic mass is 10.0. The van der Waals surface area contributed by atoms with Crippen molar-refractivity contribution in [3.8, 4) is 0 Å². The summed E-state index contributed by atoms with van der Waals surface area (Å²) in [5, 5.41) is 0. The minimum atomic E-state index is -0.0631. The highest BCUT2D eigenvalue weighted by molar-refractivity contribution is 5.69. The maximum absolute atomic E-state index is 12.5. The molecule has 1 saturated heterocycles. The van der Waals surface area contributed by atoms with Gasteiger partial charge in [-0.05, 0) is 78.8 Å². The zero-order valence-corrected chi connectivity index (χ0v) is 34.0. The Hall–Kier alpha value is -1.18. The summed E-state index contributed by atoms with van der Waals surface area (Å²) in [5.74, 6) is -0.126. The molecule has 1 rings (SSSR count). The Kier molecular flexibility index (Phi) is 32.7. The third-order valence-corrected chi connectivity index (χ3v) is 10.7. The lowest BCUT2D eigenvalue weighted by Crippen LogP contribution is -2.47. The summed E-state index contributed by atoms with van der Waals surface area (Å²) in [4.78, 5) is 32.3. The van der Waals surface area contributed by atoms with Crippen molar-refractivity contribution >= 4 is 11.9 Å². The Bertz CT molecular complexity index is 712. The molecule has 0 saturated carbocycles. The molecular weight excluding hydrogens is 622 g/mol. The molecule has 0 N–H and O–H groups in total. The first kappa shape index (κ1) is 46.8. The monoisotopic (exact) mass is 708 g/mol. The van der Waals surface area contributed by atoms with Gasteiger partial charge in [0, 0.05) is 32.0 Å². The lowest BCUT2D eigenvalue weighted by Gasteiger charge is -2.38. The molecule has 0 spiro atoms. The normalized spacial score (nSPS) is 14.2. The molecule has 1 aliphatic rings. The van der Waals surface area contributed by atoms with Crippen LogP contribution in [0.1, 0.15) is 194 Å². The molecule has 0 aromatic rings. The summed E-state index contributed by atoms with van der Waals surface area (Å²) in [6.07, 6.45) is 34.0. The van der Waals surface area contributed by atoms with E-state index in [1.165, 1.54) is 135 Å². The van der Waals surface area contributed by atoms with Gasteiger partial charge in [0.05, 0.1) is 0 Å². The number of esters is 2. The average Bonchev–Trinajstić information content (AvgIpc) is 3.11. The van der Waals surface area contributed by atoms with Crippen molar-refractivity contribution in [1.82, 2.24) is 14.7 Å². The Balaban J connectivity index is 2.29. The van der Waals surface area contributed by atoms with Crippen LogP contribution in [0.25, 0.3) is 0 Å². The molecule has 0 amide bonds. The Morgan fingerprint density at radius 1 is 0.520 bits per heavy atom. The number of hydrogen-bond acceptors (Lipinski definition) is 7. The number of carbonyl (C=O) groups is 2. The summed E-state index contributed by atoms with van der Waals surface area (Å²) >= 11 is 0. The van der Waals surface area contributed by atoms with Crippen molar-refractivity contribution in [2.45, 2.75) is 200 Å². The highest BCUT2D eigenvalue weighted by Gasteiger charge is 2.25. The fraction of sp³-hybridized carbons (Fsp3) is 0.953. The van der Waals surface area contributed by atoms with Gasteiger partial charge in [-0.15, -0.1) is 0 Å². The Morgan fingerprint density at radius 2 is 0.900 bits per heavy atom. The smallest absolute Gasteiger partial charge is 0.305 e. The number of piperidine rings is 1. The van der Waals surface area contributed by atoms with Gasteiger partial charge >= 0.3 is 11.9 Å². The molecule has 1 aliphatic heterocycles. The molecule has 0 aromatic heterocycles. The standard InChI is InChI=1S/C43H85N3O4/c1-5-7-9-11-13-15-17-19-21-23-25-29-42(47)49-39-37-46(41-31-35-45(36-32-41)34-28-27-33-44(3)4)38-40-50-43(48)30-26-24-22-20-18-16-14-12-10-8-6-2/h41H,5-40H2,1-4H3. The second kappa shape index (κ2) is 34.9. The summed E-state index contributed by atoms with van der Waals surface area (Å²) in [6, 6.07) is 0.448. The van der Waals surface area contributed by atoms with Crippen LogP contribution in [0.15, 0.2) is 0 Å². The number of unbranched alkanes of at least 4 members (excludes halogenated alkanes) is 21. The number of nitrogens with zero attached hydrogens (tertiary/aromatic N) is 3. The Morgan fingerprint density at radius 3 is 1.28 bits per heavy atom. The van der Waals surface area contributed by atoms with E-state index in [0.717, 1.165) is 58.2 Å². The predicted octanol–water partition coefficient (Wildman–Crippen LogP) is 10.6. The molecule has 0 aliphatic carbocycles. The first-order chi connectivity index (χ1) is 24.5. The van der Waals surface area contributed by atoms with E-state index in [1.54, 1.807) is 0 Å². The molecule has 0 atom stereocenters. The highest BCUT2D eigenvalue weighted by Crippen LogP contribution is 2.18. The summed E-state index contributed by atoms with van der Waals surface area (Å²) in [7, 11) is 4.29. The molecule has 0 bridgehead atoms. The zero-order chi connectivity index (χ0) is 36.3. The number of rotatable bonds is 36. The lowest BCUT2D eigenvalue weighted by molar-refractivity contribution is -0.145. The van der Waals surface area contributed by atoms with Gasteiger partial charge in [0.2, 0.25) is 0 Å². The van der Waals surface area contributed by atoms with Gasteiger partial charge in [-0.1, -0.05) is 142 Å². The van der Waals surface area contributed by atoms with E-state index in [1.807, 2.05) is 0 Å². The highest BCUT2D eigenvalue weighted by atomic mass is 16.5. The largest absolute Gasteiger partial charge is 0.464 e. The molecule has 50 heavy (non-hydrogen) atoms. The molecule has 296 valence electrons. The zero-order valence-electron chi connectivity index (χ0n) is 34.0. The van der Waals surface area contributed by atoms with E-state index in [2.05, 4.69) is 42.6 Å². The quantitative estimate of drug-likeness (QED) is 0.0474. The molecule has 7 heteroatoms. The van der Waals surface area contributed by atoms with E-state index in [0.29, 0.717) is 45.2 Å². The number of likely N-dealkylation sites (tertiary alicyclic amines) is 1. The average molecular weight is 708 g/mol. The summed E-state index contributed by atoms with van der Waals surface area (Å²) < 4.78 is 11.4. The third-order valence-electron chi connectivity index (χ3n) is 10.7.